The second-order valence-electron chi connectivity index (χ2n) is 6.79. The van der Waals surface area contributed by atoms with Crippen LogP contribution >= 0.6 is 0 Å². The number of nitrogens with zero attached hydrogens (tertiary/aromatic N) is 1. The van der Waals surface area contributed by atoms with Gasteiger partial charge in [0.15, 0.2) is 0 Å². The lowest BCUT2D eigenvalue weighted by molar-refractivity contribution is -0.120. The average molecular weight is 378 g/mol. The Balaban J connectivity index is 1.48. The third-order valence-corrected chi connectivity index (χ3v) is 4.77. The summed E-state index contributed by atoms with van der Waals surface area (Å²) in [5.74, 6) is -0.123. The van der Waals surface area contributed by atoms with Crippen LogP contribution in [-0.4, -0.2) is 17.0 Å². The van der Waals surface area contributed by atoms with E-state index in [2.05, 4.69) is 10.5 Å². The maximum absolute atomic E-state index is 12.1. The molecule has 142 valence electrons. The molecule has 0 radical (unpaired) electrons. The van der Waals surface area contributed by atoms with Crippen molar-refractivity contribution in [2.45, 2.75) is 32.6 Å². The normalized spacial score (nSPS) is 13.3. The molecule has 0 unspecified atom stereocenters. The Labute approximate surface area is 160 Å². The molecule has 0 aliphatic carbocycles. The molecule has 0 saturated carbocycles. The topological polar surface area (TPSA) is 102 Å². The number of benzene rings is 1. The third kappa shape index (κ3) is 3.51. The van der Waals surface area contributed by atoms with Gasteiger partial charge in [-0.15, -0.1) is 0 Å². The molecule has 3 heterocycles. The van der Waals surface area contributed by atoms with Gasteiger partial charge in [0.1, 0.15) is 17.2 Å². The summed E-state index contributed by atoms with van der Waals surface area (Å²) in [5, 5.41) is 6.40. The fraction of sp³-hybridized carbons (Fsp3) is 0.238. The molecular weight excluding hydrogens is 360 g/mol. The number of aryl methyl sites for hydroxylation is 3. The van der Waals surface area contributed by atoms with E-state index in [0.29, 0.717) is 24.8 Å². The standard InChI is InChI=1S/C21H18N2O5/c1-12-5-2-3-8-15(12)16-10-14(28-23-16)7-4-6-13-9-19(25)27-17-11-18(24)22-21(26)20(13)17/h2-3,5,8-10H,4,6-7,11H2,1H3,(H,22,24,26). The number of imide groups is 1. The lowest BCUT2D eigenvalue weighted by Crippen LogP contribution is -2.38. The molecule has 4 rings (SSSR count). The van der Waals surface area contributed by atoms with Crippen LogP contribution in [0.1, 0.15) is 39.4 Å². The highest BCUT2D eigenvalue weighted by Crippen LogP contribution is 2.24. The Bertz CT molecular complexity index is 1130. The van der Waals surface area contributed by atoms with Crippen LogP contribution in [0, 0.1) is 6.92 Å². The summed E-state index contributed by atoms with van der Waals surface area (Å²) < 4.78 is 10.5. The van der Waals surface area contributed by atoms with Crippen LogP contribution in [0.3, 0.4) is 0 Å². The Morgan fingerprint density at radius 2 is 1.93 bits per heavy atom. The van der Waals surface area contributed by atoms with Gasteiger partial charge >= 0.3 is 5.63 Å². The van der Waals surface area contributed by atoms with Gasteiger partial charge in [-0.2, -0.15) is 0 Å². The Hall–Kier alpha value is -3.48. The van der Waals surface area contributed by atoms with Crippen molar-refractivity contribution in [1.29, 1.82) is 0 Å². The molecule has 0 bridgehead atoms. The largest absolute Gasteiger partial charge is 0.426 e. The van der Waals surface area contributed by atoms with Crippen molar-refractivity contribution in [3.05, 3.63) is 75.0 Å². The van der Waals surface area contributed by atoms with E-state index in [9.17, 15) is 14.4 Å². The molecular formula is C21H18N2O5. The summed E-state index contributed by atoms with van der Waals surface area (Å²) in [6, 6.07) is 11.2. The minimum atomic E-state index is -0.558. The smallest absolute Gasteiger partial charge is 0.336 e. The van der Waals surface area contributed by atoms with Crippen molar-refractivity contribution in [3.8, 4) is 11.3 Å². The van der Waals surface area contributed by atoms with E-state index in [4.69, 9.17) is 8.94 Å². The maximum Gasteiger partial charge on any atom is 0.336 e. The van der Waals surface area contributed by atoms with Crippen molar-refractivity contribution < 1.29 is 18.5 Å². The highest BCUT2D eigenvalue weighted by molar-refractivity contribution is 6.09. The number of hydrogen-bond donors (Lipinski definition) is 1. The van der Waals surface area contributed by atoms with Gasteiger partial charge in [-0.25, -0.2) is 4.79 Å². The second kappa shape index (κ2) is 7.26. The number of rotatable bonds is 5. The van der Waals surface area contributed by atoms with Crippen molar-refractivity contribution >= 4 is 11.8 Å². The first kappa shape index (κ1) is 17.9. The van der Waals surface area contributed by atoms with Gasteiger partial charge in [0.25, 0.3) is 5.91 Å². The monoisotopic (exact) mass is 378 g/mol. The summed E-state index contributed by atoms with van der Waals surface area (Å²) >= 11 is 0. The Morgan fingerprint density at radius 1 is 1.11 bits per heavy atom. The fourth-order valence-electron chi connectivity index (χ4n) is 3.44. The van der Waals surface area contributed by atoms with Crippen LogP contribution in [-0.2, 0) is 24.1 Å². The Morgan fingerprint density at radius 3 is 2.75 bits per heavy atom. The van der Waals surface area contributed by atoms with Crippen LogP contribution in [0.4, 0.5) is 0 Å². The molecule has 0 spiro atoms. The average Bonchev–Trinajstić information content (AvgIpc) is 3.09. The van der Waals surface area contributed by atoms with E-state index in [0.717, 1.165) is 22.6 Å². The molecule has 1 aliphatic heterocycles. The molecule has 2 aromatic heterocycles. The molecule has 7 heteroatoms. The number of nitrogens with one attached hydrogen (secondary N) is 1. The van der Waals surface area contributed by atoms with E-state index in [1.165, 1.54) is 6.07 Å². The van der Waals surface area contributed by atoms with Gasteiger partial charge in [0.2, 0.25) is 5.91 Å². The van der Waals surface area contributed by atoms with Crippen molar-refractivity contribution in [1.82, 2.24) is 10.5 Å². The van der Waals surface area contributed by atoms with Gasteiger partial charge in [0, 0.05) is 24.1 Å². The molecule has 2 amide bonds. The number of aromatic nitrogens is 1. The van der Waals surface area contributed by atoms with Crippen LogP contribution in [0.2, 0.25) is 0 Å². The number of fused-ring (bicyclic) bond motifs is 1. The fourth-order valence-corrected chi connectivity index (χ4v) is 3.44. The van der Waals surface area contributed by atoms with Crippen LogP contribution in [0.25, 0.3) is 11.3 Å². The SMILES string of the molecule is Cc1ccccc1-c1cc(CCCc2cc(=O)oc3c2C(=O)NC(=O)C3)on1. The van der Waals surface area contributed by atoms with E-state index in [-0.39, 0.29) is 17.7 Å². The van der Waals surface area contributed by atoms with Gasteiger partial charge in [-0.3, -0.25) is 14.9 Å². The first-order valence-corrected chi connectivity index (χ1v) is 9.03. The van der Waals surface area contributed by atoms with Crippen molar-refractivity contribution in [3.63, 3.8) is 0 Å². The van der Waals surface area contributed by atoms with E-state index in [1.807, 2.05) is 37.3 Å². The van der Waals surface area contributed by atoms with Crippen molar-refractivity contribution in [2.75, 3.05) is 0 Å². The first-order valence-electron chi connectivity index (χ1n) is 9.03. The summed E-state index contributed by atoms with van der Waals surface area (Å²) in [6.45, 7) is 2.02. The van der Waals surface area contributed by atoms with Crippen molar-refractivity contribution in [2.24, 2.45) is 0 Å². The highest BCUT2D eigenvalue weighted by Gasteiger charge is 2.28. The zero-order chi connectivity index (χ0) is 19.7. The van der Waals surface area contributed by atoms with Gasteiger partial charge in [-0.1, -0.05) is 29.4 Å². The maximum atomic E-state index is 12.1. The second-order valence-corrected chi connectivity index (χ2v) is 6.79. The minimum absolute atomic E-state index is 0.105. The lowest BCUT2D eigenvalue weighted by atomic mass is 9.97. The van der Waals surface area contributed by atoms with Gasteiger partial charge in [-0.05, 0) is 30.9 Å². The molecule has 1 aliphatic rings. The predicted octanol–water partition coefficient (Wildman–Crippen LogP) is 2.59. The summed E-state index contributed by atoms with van der Waals surface area (Å²) in [7, 11) is 0. The number of carbonyl (C=O) groups excluding carboxylic acids is 2. The number of hydrogen-bond acceptors (Lipinski definition) is 6. The molecule has 0 saturated heterocycles. The van der Waals surface area contributed by atoms with E-state index >= 15 is 0 Å². The summed E-state index contributed by atoms with van der Waals surface area (Å²) in [4.78, 5) is 35.4. The van der Waals surface area contributed by atoms with Crippen LogP contribution < -0.4 is 10.9 Å². The zero-order valence-corrected chi connectivity index (χ0v) is 15.3. The third-order valence-electron chi connectivity index (χ3n) is 4.77. The van der Waals surface area contributed by atoms with E-state index in [1.54, 1.807) is 0 Å². The molecule has 7 nitrogen and oxygen atoms in total. The quantitative estimate of drug-likeness (QED) is 0.685. The summed E-state index contributed by atoms with van der Waals surface area (Å²) in [5.41, 5.74) is 3.23. The first-order chi connectivity index (χ1) is 13.5. The molecule has 0 fully saturated rings. The van der Waals surface area contributed by atoms with E-state index < -0.39 is 17.4 Å². The predicted molar refractivity (Wildman–Crippen MR) is 99.9 cm³/mol. The minimum Gasteiger partial charge on any atom is -0.426 e. The van der Waals surface area contributed by atoms with Crippen LogP contribution in [0.5, 0.6) is 0 Å². The lowest BCUT2D eigenvalue weighted by Gasteiger charge is -2.16. The Kier molecular flexibility index (Phi) is 4.65. The van der Waals surface area contributed by atoms with Crippen LogP contribution in [0.15, 0.2) is 50.1 Å². The van der Waals surface area contributed by atoms with Gasteiger partial charge < -0.3 is 8.94 Å². The molecule has 28 heavy (non-hydrogen) atoms. The molecule has 1 N–H and O–H groups in total. The number of carbonyl (C=O) groups is 2. The van der Waals surface area contributed by atoms with Gasteiger partial charge in [0.05, 0.1) is 12.0 Å². The molecule has 3 aromatic rings. The molecule has 0 atom stereocenters. The molecule has 1 aromatic carbocycles. The zero-order valence-electron chi connectivity index (χ0n) is 15.3. The summed E-state index contributed by atoms with van der Waals surface area (Å²) in [6.07, 6.45) is 1.63. The highest BCUT2D eigenvalue weighted by atomic mass is 16.5. The number of amides is 2.